The first-order chi connectivity index (χ1) is 16.9. The highest BCUT2D eigenvalue weighted by Gasteiger charge is 2.31. The lowest BCUT2D eigenvalue weighted by Crippen LogP contribution is -2.52. The molecule has 1 aliphatic rings. The predicted molar refractivity (Wildman–Crippen MR) is 144 cm³/mol. The summed E-state index contributed by atoms with van der Waals surface area (Å²) in [5, 5.41) is 3.07. The van der Waals surface area contributed by atoms with Gasteiger partial charge in [-0.05, 0) is 48.4 Å². The van der Waals surface area contributed by atoms with Crippen molar-refractivity contribution in [3.8, 4) is 0 Å². The van der Waals surface area contributed by atoms with Crippen LogP contribution < -0.4 is 9.62 Å². The van der Waals surface area contributed by atoms with Crippen molar-refractivity contribution in [2.24, 2.45) is 0 Å². The van der Waals surface area contributed by atoms with Crippen molar-refractivity contribution in [3.05, 3.63) is 65.7 Å². The molecule has 1 fully saturated rings. The molecule has 2 amide bonds. The summed E-state index contributed by atoms with van der Waals surface area (Å²) in [6.07, 6.45) is 5.15. The van der Waals surface area contributed by atoms with E-state index >= 15 is 0 Å². The molecule has 36 heavy (non-hydrogen) atoms. The van der Waals surface area contributed by atoms with Gasteiger partial charge in [-0.2, -0.15) is 0 Å². The third-order valence-electron chi connectivity index (χ3n) is 6.77. The molecule has 8 heteroatoms. The van der Waals surface area contributed by atoms with E-state index in [-0.39, 0.29) is 30.5 Å². The summed E-state index contributed by atoms with van der Waals surface area (Å²) in [4.78, 5) is 28.2. The van der Waals surface area contributed by atoms with Gasteiger partial charge in [0.15, 0.2) is 0 Å². The van der Waals surface area contributed by atoms with Crippen LogP contribution in [0, 0.1) is 0 Å². The second kappa shape index (κ2) is 11.5. The molecule has 1 saturated carbocycles. The van der Waals surface area contributed by atoms with E-state index in [0.717, 1.165) is 47.4 Å². The Morgan fingerprint density at radius 2 is 1.58 bits per heavy atom. The van der Waals surface area contributed by atoms with E-state index < -0.39 is 22.0 Å². The zero-order chi connectivity index (χ0) is 26.5. The minimum Gasteiger partial charge on any atom is -0.352 e. The number of benzene rings is 2. The number of anilines is 1. The summed E-state index contributed by atoms with van der Waals surface area (Å²) in [7, 11) is -3.75. The molecule has 0 bridgehead atoms. The van der Waals surface area contributed by atoms with Gasteiger partial charge in [0.05, 0.1) is 11.9 Å². The number of carbonyl (C=O) groups excluding carboxylic acids is 2. The summed E-state index contributed by atoms with van der Waals surface area (Å²) in [5.74, 6) is -0.648. The summed E-state index contributed by atoms with van der Waals surface area (Å²) < 4.78 is 26.6. The van der Waals surface area contributed by atoms with Gasteiger partial charge in [-0.15, -0.1) is 0 Å². The molecular formula is C28H39N3O4S. The van der Waals surface area contributed by atoms with E-state index in [1.807, 2.05) is 42.5 Å². The lowest BCUT2D eigenvalue weighted by molar-refractivity contribution is -0.139. The predicted octanol–water partition coefficient (Wildman–Crippen LogP) is 4.23. The molecule has 2 aromatic rings. The van der Waals surface area contributed by atoms with E-state index in [9.17, 15) is 18.0 Å². The van der Waals surface area contributed by atoms with Gasteiger partial charge in [-0.25, -0.2) is 8.42 Å². The van der Waals surface area contributed by atoms with Gasteiger partial charge in [0.1, 0.15) is 12.6 Å². The van der Waals surface area contributed by atoms with Crippen LogP contribution in [0.3, 0.4) is 0 Å². The highest BCUT2D eigenvalue weighted by molar-refractivity contribution is 7.92. The second-order valence-electron chi connectivity index (χ2n) is 10.7. The maximum atomic E-state index is 13.6. The summed E-state index contributed by atoms with van der Waals surface area (Å²) in [6, 6.07) is 16.0. The van der Waals surface area contributed by atoms with E-state index in [1.165, 1.54) is 4.90 Å². The van der Waals surface area contributed by atoms with E-state index in [1.54, 1.807) is 19.1 Å². The molecule has 0 radical (unpaired) electrons. The fourth-order valence-corrected chi connectivity index (χ4v) is 5.35. The Balaban J connectivity index is 1.86. The molecule has 1 N–H and O–H groups in total. The van der Waals surface area contributed by atoms with Crippen molar-refractivity contribution in [2.75, 3.05) is 17.1 Å². The van der Waals surface area contributed by atoms with Crippen LogP contribution in [0.5, 0.6) is 0 Å². The molecule has 0 aliphatic heterocycles. The SMILES string of the molecule is C[C@H](C(=O)NC1CCCC1)N(Cc1ccccc1)C(=O)CN(c1ccc(C(C)(C)C)cc1)S(C)(=O)=O. The first-order valence-electron chi connectivity index (χ1n) is 12.6. The van der Waals surface area contributed by atoms with Crippen LogP contribution >= 0.6 is 0 Å². The fourth-order valence-electron chi connectivity index (χ4n) is 4.50. The van der Waals surface area contributed by atoms with Gasteiger partial charge in [0.2, 0.25) is 21.8 Å². The van der Waals surface area contributed by atoms with Gasteiger partial charge in [0, 0.05) is 12.6 Å². The number of sulfonamides is 1. The Morgan fingerprint density at radius 1 is 1.00 bits per heavy atom. The van der Waals surface area contributed by atoms with Crippen LogP contribution in [0.4, 0.5) is 5.69 Å². The molecule has 0 spiro atoms. The lowest BCUT2D eigenvalue weighted by Gasteiger charge is -2.32. The summed E-state index contributed by atoms with van der Waals surface area (Å²) in [5.41, 5.74) is 2.26. The smallest absolute Gasteiger partial charge is 0.244 e. The highest BCUT2D eigenvalue weighted by Crippen LogP contribution is 2.26. The second-order valence-corrected chi connectivity index (χ2v) is 12.6. The highest BCUT2D eigenvalue weighted by atomic mass is 32.2. The number of hydrogen-bond donors (Lipinski definition) is 1. The van der Waals surface area contributed by atoms with Gasteiger partial charge >= 0.3 is 0 Å². The van der Waals surface area contributed by atoms with Crippen molar-refractivity contribution >= 4 is 27.5 Å². The largest absolute Gasteiger partial charge is 0.352 e. The minimum absolute atomic E-state index is 0.0845. The van der Waals surface area contributed by atoms with Crippen molar-refractivity contribution < 1.29 is 18.0 Å². The zero-order valence-corrected chi connectivity index (χ0v) is 22.8. The van der Waals surface area contributed by atoms with E-state index in [2.05, 4.69) is 26.1 Å². The van der Waals surface area contributed by atoms with Crippen LogP contribution in [-0.4, -0.2) is 50.0 Å². The maximum Gasteiger partial charge on any atom is 0.244 e. The first-order valence-corrected chi connectivity index (χ1v) is 14.4. The topological polar surface area (TPSA) is 86.8 Å². The monoisotopic (exact) mass is 513 g/mol. The van der Waals surface area contributed by atoms with Crippen LogP contribution in [0.2, 0.25) is 0 Å². The van der Waals surface area contributed by atoms with E-state index in [0.29, 0.717) is 5.69 Å². The minimum atomic E-state index is -3.75. The summed E-state index contributed by atoms with van der Waals surface area (Å²) in [6.45, 7) is 7.77. The fraction of sp³-hybridized carbons (Fsp3) is 0.500. The molecule has 0 saturated heterocycles. The van der Waals surface area contributed by atoms with Gasteiger partial charge in [-0.3, -0.25) is 13.9 Å². The number of nitrogens with one attached hydrogen (secondary N) is 1. The number of rotatable bonds is 9. The lowest BCUT2D eigenvalue weighted by atomic mass is 9.87. The Kier molecular flexibility index (Phi) is 8.82. The van der Waals surface area contributed by atoms with Crippen LogP contribution in [0.25, 0.3) is 0 Å². The molecule has 1 atom stereocenters. The molecule has 7 nitrogen and oxygen atoms in total. The third-order valence-corrected chi connectivity index (χ3v) is 7.91. The molecular weight excluding hydrogens is 474 g/mol. The normalized spacial score (nSPS) is 15.4. The Bertz CT molecular complexity index is 1140. The van der Waals surface area contributed by atoms with Crippen molar-refractivity contribution in [3.63, 3.8) is 0 Å². The Morgan fingerprint density at radius 3 is 2.11 bits per heavy atom. The first kappa shape index (κ1) is 27.7. The van der Waals surface area contributed by atoms with Crippen molar-refractivity contribution in [1.29, 1.82) is 0 Å². The number of amides is 2. The Labute approximate surface area is 215 Å². The van der Waals surface area contributed by atoms with Gasteiger partial charge in [-0.1, -0.05) is 76.1 Å². The maximum absolute atomic E-state index is 13.6. The van der Waals surface area contributed by atoms with Crippen molar-refractivity contribution in [1.82, 2.24) is 10.2 Å². The van der Waals surface area contributed by atoms with Gasteiger partial charge < -0.3 is 10.2 Å². The molecule has 2 aromatic carbocycles. The van der Waals surface area contributed by atoms with Crippen LogP contribution in [-0.2, 0) is 31.6 Å². The van der Waals surface area contributed by atoms with Crippen LogP contribution in [0.15, 0.2) is 54.6 Å². The average molecular weight is 514 g/mol. The van der Waals surface area contributed by atoms with E-state index in [4.69, 9.17) is 0 Å². The van der Waals surface area contributed by atoms with Crippen molar-refractivity contribution in [2.45, 2.75) is 77.4 Å². The average Bonchev–Trinajstić information content (AvgIpc) is 3.33. The quantitative estimate of drug-likeness (QED) is 0.544. The molecule has 0 heterocycles. The van der Waals surface area contributed by atoms with Crippen LogP contribution in [0.1, 0.15) is 64.5 Å². The molecule has 3 rings (SSSR count). The standard InChI is InChI=1S/C28H39N3O4S/c1-21(27(33)29-24-13-9-10-14-24)30(19-22-11-7-6-8-12-22)26(32)20-31(36(5,34)35)25-17-15-23(16-18-25)28(2,3)4/h6-8,11-12,15-18,21,24H,9-10,13-14,19-20H2,1-5H3,(H,29,33)/t21-/m1/s1. The summed E-state index contributed by atoms with van der Waals surface area (Å²) >= 11 is 0. The number of hydrogen-bond acceptors (Lipinski definition) is 4. The number of nitrogens with zero attached hydrogens (tertiary/aromatic N) is 2. The number of carbonyl (C=O) groups is 2. The molecule has 0 aromatic heterocycles. The molecule has 1 aliphatic carbocycles. The Hall–Kier alpha value is -2.87. The van der Waals surface area contributed by atoms with Gasteiger partial charge in [0.25, 0.3) is 0 Å². The molecule has 0 unspecified atom stereocenters. The zero-order valence-electron chi connectivity index (χ0n) is 22.0. The third kappa shape index (κ3) is 7.32. The molecule has 196 valence electrons.